The molecular formula is C22H21NO4. The lowest BCUT2D eigenvalue weighted by Gasteiger charge is -2.13. The summed E-state index contributed by atoms with van der Waals surface area (Å²) in [6, 6.07) is 18.2. The summed E-state index contributed by atoms with van der Waals surface area (Å²) in [7, 11) is 0. The van der Waals surface area contributed by atoms with E-state index >= 15 is 0 Å². The van der Waals surface area contributed by atoms with Crippen LogP contribution in [0.3, 0.4) is 0 Å². The van der Waals surface area contributed by atoms with E-state index in [4.69, 9.17) is 14.2 Å². The van der Waals surface area contributed by atoms with Crippen molar-refractivity contribution in [2.45, 2.75) is 13.0 Å². The first-order chi connectivity index (χ1) is 13.3. The van der Waals surface area contributed by atoms with Gasteiger partial charge in [-0.15, -0.1) is 0 Å². The van der Waals surface area contributed by atoms with Crippen LogP contribution in [-0.4, -0.2) is 30.4 Å². The summed E-state index contributed by atoms with van der Waals surface area (Å²) in [6.45, 7) is 2.01. The van der Waals surface area contributed by atoms with E-state index in [1.807, 2.05) is 59.4 Å². The average molecular weight is 363 g/mol. The fourth-order valence-electron chi connectivity index (χ4n) is 3.04. The van der Waals surface area contributed by atoms with Crippen molar-refractivity contribution in [3.8, 4) is 22.6 Å². The SMILES string of the molecule is O=C(Cc1ccc(-c2ccccc2)cc1)OCCn1cc2c(c1)OCCO2. The van der Waals surface area contributed by atoms with Crippen molar-refractivity contribution in [1.29, 1.82) is 0 Å². The molecule has 0 saturated carbocycles. The number of carbonyl (C=O) groups excluding carboxylic acids is 1. The third-order valence-electron chi connectivity index (χ3n) is 4.43. The maximum atomic E-state index is 12.1. The van der Waals surface area contributed by atoms with Crippen molar-refractivity contribution in [2.24, 2.45) is 0 Å². The molecule has 5 nitrogen and oxygen atoms in total. The summed E-state index contributed by atoms with van der Waals surface area (Å²) in [5.74, 6) is 1.25. The van der Waals surface area contributed by atoms with Gasteiger partial charge in [0.2, 0.25) is 0 Å². The predicted octanol–water partition coefficient (Wildman–Crippen LogP) is 3.71. The monoisotopic (exact) mass is 363 g/mol. The van der Waals surface area contributed by atoms with Crippen molar-refractivity contribution in [3.63, 3.8) is 0 Å². The van der Waals surface area contributed by atoms with E-state index in [1.54, 1.807) is 0 Å². The van der Waals surface area contributed by atoms with E-state index in [0.29, 0.717) is 26.4 Å². The molecule has 0 fully saturated rings. The minimum absolute atomic E-state index is 0.230. The molecule has 5 heteroatoms. The molecule has 1 aromatic heterocycles. The molecule has 1 aliphatic rings. The lowest BCUT2D eigenvalue weighted by Crippen LogP contribution is -2.13. The number of hydrogen-bond donors (Lipinski definition) is 0. The maximum Gasteiger partial charge on any atom is 0.310 e. The zero-order valence-corrected chi connectivity index (χ0v) is 15.0. The van der Waals surface area contributed by atoms with Crippen LogP contribution in [0.25, 0.3) is 11.1 Å². The Hall–Kier alpha value is -3.21. The van der Waals surface area contributed by atoms with Gasteiger partial charge in [0, 0.05) is 0 Å². The summed E-state index contributed by atoms with van der Waals surface area (Å²) < 4.78 is 18.3. The van der Waals surface area contributed by atoms with E-state index in [-0.39, 0.29) is 12.4 Å². The molecule has 0 bridgehead atoms. The van der Waals surface area contributed by atoms with Crippen LogP contribution in [0.15, 0.2) is 67.0 Å². The van der Waals surface area contributed by atoms with Crippen LogP contribution >= 0.6 is 0 Å². The number of nitrogens with zero attached hydrogens (tertiary/aromatic N) is 1. The Kier molecular flexibility index (Phi) is 5.10. The summed E-state index contributed by atoms with van der Waals surface area (Å²) in [6.07, 6.45) is 4.00. The van der Waals surface area contributed by atoms with E-state index in [2.05, 4.69) is 12.1 Å². The van der Waals surface area contributed by atoms with Gasteiger partial charge >= 0.3 is 5.97 Å². The zero-order valence-electron chi connectivity index (χ0n) is 15.0. The topological polar surface area (TPSA) is 49.7 Å². The molecule has 1 aliphatic heterocycles. The number of benzene rings is 2. The van der Waals surface area contributed by atoms with Gasteiger partial charge in [0.15, 0.2) is 11.5 Å². The summed E-state index contributed by atoms with van der Waals surface area (Å²) >= 11 is 0. The third kappa shape index (κ3) is 4.31. The highest BCUT2D eigenvalue weighted by Gasteiger charge is 2.14. The van der Waals surface area contributed by atoms with Crippen molar-refractivity contribution in [2.75, 3.05) is 19.8 Å². The summed E-state index contributed by atoms with van der Waals surface area (Å²) in [5.41, 5.74) is 3.24. The molecule has 3 aromatic rings. The van der Waals surface area contributed by atoms with Crippen LogP contribution in [0.1, 0.15) is 5.56 Å². The molecule has 2 heterocycles. The number of carbonyl (C=O) groups is 1. The number of esters is 1. The summed E-state index contributed by atoms with van der Waals surface area (Å²) in [4.78, 5) is 12.1. The van der Waals surface area contributed by atoms with Gasteiger partial charge in [-0.05, 0) is 16.7 Å². The van der Waals surface area contributed by atoms with Crippen LogP contribution < -0.4 is 9.47 Å². The lowest BCUT2D eigenvalue weighted by atomic mass is 10.0. The average Bonchev–Trinajstić information content (AvgIpc) is 3.12. The molecule has 138 valence electrons. The molecule has 0 atom stereocenters. The van der Waals surface area contributed by atoms with Gasteiger partial charge in [-0.1, -0.05) is 54.6 Å². The highest BCUT2D eigenvalue weighted by molar-refractivity contribution is 5.73. The number of fused-ring (bicyclic) bond motifs is 1. The molecule has 0 N–H and O–H groups in total. The second-order valence-electron chi connectivity index (χ2n) is 6.38. The Bertz CT molecular complexity index is 876. The van der Waals surface area contributed by atoms with Gasteiger partial charge in [-0.25, -0.2) is 0 Å². The Morgan fingerprint density at radius 3 is 2.19 bits per heavy atom. The molecule has 27 heavy (non-hydrogen) atoms. The molecule has 0 amide bonds. The zero-order chi connectivity index (χ0) is 18.5. The van der Waals surface area contributed by atoms with Gasteiger partial charge in [-0.3, -0.25) is 4.79 Å². The second-order valence-corrected chi connectivity index (χ2v) is 6.38. The number of ether oxygens (including phenoxy) is 3. The first-order valence-electron chi connectivity index (χ1n) is 9.03. The van der Waals surface area contributed by atoms with Gasteiger partial charge in [0.1, 0.15) is 19.8 Å². The molecule has 0 spiro atoms. The van der Waals surface area contributed by atoms with Crippen LogP contribution in [0.2, 0.25) is 0 Å². The van der Waals surface area contributed by atoms with Gasteiger partial charge in [-0.2, -0.15) is 0 Å². The van der Waals surface area contributed by atoms with Crippen LogP contribution in [0, 0.1) is 0 Å². The van der Waals surface area contributed by atoms with Gasteiger partial charge in [0.25, 0.3) is 0 Å². The van der Waals surface area contributed by atoms with E-state index in [9.17, 15) is 4.79 Å². The normalized spacial score (nSPS) is 12.6. The predicted molar refractivity (Wildman–Crippen MR) is 102 cm³/mol. The Morgan fingerprint density at radius 2 is 1.52 bits per heavy atom. The van der Waals surface area contributed by atoms with E-state index in [1.165, 1.54) is 0 Å². The fourth-order valence-corrected chi connectivity index (χ4v) is 3.04. The highest BCUT2D eigenvalue weighted by Crippen LogP contribution is 2.30. The maximum absolute atomic E-state index is 12.1. The lowest BCUT2D eigenvalue weighted by molar-refractivity contribution is -0.143. The fraction of sp³-hybridized carbons (Fsp3) is 0.227. The van der Waals surface area contributed by atoms with Crippen LogP contribution in [0.5, 0.6) is 11.5 Å². The van der Waals surface area contributed by atoms with Crippen LogP contribution in [-0.2, 0) is 22.5 Å². The van der Waals surface area contributed by atoms with Crippen molar-refractivity contribution in [3.05, 3.63) is 72.6 Å². The molecule has 0 unspecified atom stereocenters. The van der Waals surface area contributed by atoms with Crippen LogP contribution in [0.4, 0.5) is 0 Å². The van der Waals surface area contributed by atoms with Gasteiger partial charge in [0.05, 0.1) is 25.4 Å². The quantitative estimate of drug-likeness (QED) is 0.627. The Labute approximate surface area is 158 Å². The third-order valence-corrected chi connectivity index (χ3v) is 4.43. The number of hydrogen-bond acceptors (Lipinski definition) is 4. The van der Waals surface area contributed by atoms with Crippen molar-refractivity contribution < 1.29 is 19.0 Å². The molecular weight excluding hydrogens is 342 g/mol. The Morgan fingerprint density at radius 1 is 0.889 bits per heavy atom. The van der Waals surface area contributed by atoms with Gasteiger partial charge < -0.3 is 18.8 Å². The molecule has 0 aliphatic carbocycles. The van der Waals surface area contributed by atoms with E-state index < -0.39 is 0 Å². The smallest absolute Gasteiger partial charge is 0.310 e. The number of rotatable bonds is 6. The summed E-state index contributed by atoms with van der Waals surface area (Å²) in [5, 5.41) is 0. The first-order valence-corrected chi connectivity index (χ1v) is 9.03. The number of aromatic nitrogens is 1. The Balaban J connectivity index is 1.26. The van der Waals surface area contributed by atoms with Crippen molar-refractivity contribution in [1.82, 2.24) is 4.57 Å². The minimum Gasteiger partial charge on any atom is -0.485 e. The van der Waals surface area contributed by atoms with Crippen molar-refractivity contribution >= 4 is 5.97 Å². The largest absolute Gasteiger partial charge is 0.485 e. The second kappa shape index (κ2) is 7.99. The molecule has 0 saturated heterocycles. The molecule has 4 rings (SSSR count). The highest BCUT2D eigenvalue weighted by atomic mass is 16.6. The first kappa shape index (κ1) is 17.2. The van der Waals surface area contributed by atoms with E-state index in [0.717, 1.165) is 28.2 Å². The molecule has 0 radical (unpaired) electrons. The molecule has 2 aromatic carbocycles. The minimum atomic E-state index is -0.230. The standard InChI is InChI=1S/C22H21NO4/c24-22(27-11-10-23-15-20-21(16-23)26-13-12-25-20)14-17-6-8-19(9-7-17)18-4-2-1-3-5-18/h1-9,15-16H,10-14H2.